The van der Waals surface area contributed by atoms with Crippen LogP contribution >= 0.6 is 0 Å². The van der Waals surface area contributed by atoms with Gasteiger partial charge in [0, 0.05) is 18.8 Å². The highest BCUT2D eigenvalue weighted by molar-refractivity contribution is 5.92. The first-order valence-corrected chi connectivity index (χ1v) is 9.54. The van der Waals surface area contributed by atoms with E-state index in [1.54, 1.807) is 12.5 Å². The van der Waals surface area contributed by atoms with Crippen molar-refractivity contribution < 1.29 is 9.90 Å². The van der Waals surface area contributed by atoms with Gasteiger partial charge in [-0.1, -0.05) is 0 Å². The summed E-state index contributed by atoms with van der Waals surface area (Å²) in [5, 5.41) is 14.5. The normalized spacial score (nSPS) is 51.7. The van der Waals surface area contributed by atoms with E-state index in [-0.39, 0.29) is 5.91 Å². The van der Waals surface area contributed by atoms with Crippen molar-refractivity contribution in [2.75, 3.05) is 6.54 Å². The summed E-state index contributed by atoms with van der Waals surface area (Å²) >= 11 is 0. The lowest BCUT2D eigenvalue weighted by molar-refractivity contribution is -0.126. The fraction of sp³-hybridized carbons (Fsp3) is 0.789. The average molecular weight is 327 g/mol. The zero-order valence-electron chi connectivity index (χ0n) is 14.2. The van der Waals surface area contributed by atoms with Crippen LogP contribution in [-0.4, -0.2) is 32.7 Å². The summed E-state index contributed by atoms with van der Waals surface area (Å²) in [6.45, 7) is 4.54. The Morgan fingerprint density at radius 1 is 1.29 bits per heavy atom. The number of aromatic nitrogens is 2. The standard InChI is InChI=1S/C19H25N3O2/c1-8(2)22-5-13(21-7-22)18(23)20-6-19(24)16-10-4-11-14-9(10)3-12(16)15(14)17(11)19/h5,7-12,14-17,24H,3-4,6H2,1-2H3,(H,20,23). The topological polar surface area (TPSA) is 67.2 Å². The third-order valence-corrected chi connectivity index (χ3v) is 8.48. The first-order valence-electron chi connectivity index (χ1n) is 9.54. The molecule has 6 rings (SSSR count). The molecule has 5 aliphatic carbocycles. The van der Waals surface area contributed by atoms with Crippen molar-refractivity contribution in [1.82, 2.24) is 14.9 Å². The van der Waals surface area contributed by atoms with Crippen molar-refractivity contribution in [3.8, 4) is 0 Å². The summed E-state index contributed by atoms with van der Waals surface area (Å²) in [7, 11) is 0. The van der Waals surface area contributed by atoms with E-state index in [9.17, 15) is 9.90 Å². The molecule has 0 aliphatic heterocycles. The smallest absolute Gasteiger partial charge is 0.271 e. The van der Waals surface area contributed by atoms with Gasteiger partial charge in [0.25, 0.3) is 5.91 Å². The highest BCUT2D eigenvalue weighted by Gasteiger charge is 2.84. The van der Waals surface area contributed by atoms with E-state index in [2.05, 4.69) is 24.1 Å². The molecule has 5 nitrogen and oxygen atoms in total. The van der Waals surface area contributed by atoms with Crippen LogP contribution in [0.25, 0.3) is 0 Å². The van der Waals surface area contributed by atoms with Crippen LogP contribution in [0.1, 0.15) is 43.2 Å². The number of hydrogen-bond donors (Lipinski definition) is 2. The van der Waals surface area contributed by atoms with Crippen LogP contribution < -0.4 is 5.32 Å². The minimum Gasteiger partial charge on any atom is -0.387 e. The van der Waals surface area contributed by atoms with Gasteiger partial charge in [0.1, 0.15) is 5.69 Å². The Hall–Kier alpha value is -1.36. The molecular weight excluding hydrogens is 302 g/mol. The monoisotopic (exact) mass is 327 g/mol. The van der Waals surface area contributed by atoms with Crippen LogP contribution in [0, 0.1) is 47.3 Å². The zero-order valence-corrected chi connectivity index (χ0v) is 14.2. The van der Waals surface area contributed by atoms with E-state index in [1.165, 1.54) is 12.8 Å². The maximum absolute atomic E-state index is 12.5. The lowest BCUT2D eigenvalue weighted by Gasteiger charge is -2.51. The highest BCUT2D eigenvalue weighted by Crippen LogP contribution is 2.85. The Labute approximate surface area is 141 Å². The molecule has 1 aromatic rings. The van der Waals surface area contributed by atoms with Crippen LogP contribution in [0.4, 0.5) is 0 Å². The fourth-order valence-corrected chi connectivity index (χ4v) is 8.01. The number of rotatable bonds is 4. The van der Waals surface area contributed by atoms with Crippen LogP contribution in [0.2, 0.25) is 0 Å². The van der Waals surface area contributed by atoms with Gasteiger partial charge in [-0.25, -0.2) is 4.98 Å². The Morgan fingerprint density at radius 3 is 2.79 bits per heavy atom. The Bertz CT molecular complexity index is 737. The predicted molar refractivity (Wildman–Crippen MR) is 87.0 cm³/mol. The molecule has 128 valence electrons. The van der Waals surface area contributed by atoms with Crippen LogP contribution in [0.3, 0.4) is 0 Å². The number of amides is 1. The summed E-state index contributed by atoms with van der Waals surface area (Å²) in [4.78, 5) is 16.7. The Kier molecular flexibility index (Phi) is 2.35. The minimum absolute atomic E-state index is 0.152. The second-order valence-corrected chi connectivity index (χ2v) is 9.31. The number of nitrogens with one attached hydrogen (secondary N) is 1. The minimum atomic E-state index is -0.652. The first-order chi connectivity index (χ1) is 11.5. The Morgan fingerprint density at radius 2 is 2.04 bits per heavy atom. The number of fused-ring (bicyclic) bond motifs is 2. The van der Waals surface area contributed by atoms with Crippen molar-refractivity contribution in [2.45, 2.75) is 38.3 Å². The molecule has 0 radical (unpaired) electrons. The SMILES string of the molecule is CC(C)n1cnc(C(=O)NCC2(O)C3C4CC5C6C4CC3C6C52)c1. The van der Waals surface area contributed by atoms with Gasteiger partial charge in [0.2, 0.25) is 0 Å². The molecule has 0 spiro atoms. The van der Waals surface area contributed by atoms with Gasteiger partial charge in [-0.2, -0.15) is 0 Å². The van der Waals surface area contributed by atoms with Gasteiger partial charge >= 0.3 is 0 Å². The molecule has 5 aliphatic rings. The third kappa shape index (κ3) is 1.32. The van der Waals surface area contributed by atoms with E-state index in [1.807, 2.05) is 4.57 Å². The van der Waals surface area contributed by atoms with Gasteiger partial charge in [-0.3, -0.25) is 4.79 Å². The number of carbonyl (C=O) groups excluding carboxylic acids is 1. The van der Waals surface area contributed by atoms with Crippen molar-refractivity contribution >= 4 is 5.91 Å². The van der Waals surface area contributed by atoms with Crippen LogP contribution in [0.15, 0.2) is 12.5 Å². The van der Waals surface area contributed by atoms with Crippen molar-refractivity contribution in [3.63, 3.8) is 0 Å². The van der Waals surface area contributed by atoms with Crippen LogP contribution in [-0.2, 0) is 0 Å². The van der Waals surface area contributed by atoms with E-state index in [0.717, 1.165) is 35.5 Å². The largest absolute Gasteiger partial charge is 0.387 e. The molecule has 9 unspecified atom stereocenters. The van der Waals surface area contributed by atoms with Crippen LogP contribution in [0.5, 0.6) is 0 Å². The van der Waals surface area contributed by atoms with Crippen molar-refractivity contribution in [1.29, 1.82) is 0 Å². The quantitative estimate of drug-likeness (QED) is 0.884. The molecule has 2 N–H and O–H groups in total. The fourth-order valence-electron chi connectivity index (χ4n) is 8.01. The molecule has 1 heterocycles. The number of nitrogens with zero attached hydrogens (tertiary/aromatic N) is 2. The molecule has 1 amide bonds. The number of hydrogen-bond acceptors (Lipinski definition) is 3. The molecule has 24 heavy (non-hydrogen) atoms. The highest BCUT2D eigenvalue weighted by atomic mass is 16.3. The summed E-state index contributed by atoms with van der Waals surface area (Å²) in [5.74, 6) is 5.57. The van der Waals surface area contributed by atoms with Gasteiger partial charge in [-0.05, 0) is 74.0 Å². The maximum Gasteiger partial charge on any atom is 0.271 e. The zero-order chi connectivity index (χ0) is 16.4. The van der Waals surface area contributed by atoms with E-state index in [4.69, 9.17) is 0 Å². The molecule has 2 bridgehead atoms. The molecule has 0 saturated heterocycles. The summed E-state index contributed by atoms with van der Waals surface area (Å²) in [5.41, 5.74) is -0.199. The molecule has 0 aromatic carbocycles. The molecule has 1 aromatic heterocycles. The molecule has 5 saturated carbocycles. The molecule has 5 heteroatoms. The van der Waals surface area contributed by atoms with E-state index >= 15 is 0 Å². The lowest BCUT2D eigenvalue weighted by Crippen LogP contribution is -2.59. The second-order valence-electron chi connectivity index (χ2n) is 9.31. The summed E-state index contributed by atoms with van der Waals surface area (Å²) < 4.78 is 1.94. The van der Waals surface area contributed by atoms with Crippen molar-refractivity contribution in [3.05, 3.63) is 18.2 Å². The molecular formula is C19H25N3O2. The summed E-state index contributed by atoms with van der Waals surface area (Å²) in [6.07, 6.45) is 6.21. The third-order valence-electron chi connectivity index (χ3n) is 8.48. The number of aliphatic hydroxyl groups is 1. The number of carbonyl (C=O) groups is 1. The molecule has 5 fully saturated rings. The average Bonchev–Trinajstić information content (AvgIpc) is 3.20. The predicted octanol–water partition coefficient (Wildman–Crippen LogP) is 1.70. The lowest BCUT2D eigenvalue weighted by atomic mass is 9.56. The van der Waals surface area contributed by atoms with Gasteiger partial charge < -0.3 is 15.0 Å². The maximum atomic E-state index is 12.5. The Balaban J connectivity index is 1.22. The van der Waals surface area contributed by atoms with E-state index in [0.29, 0.717) is 30.1 Å². The molecule has 9 atom stereocenters. The van der Waals surface area contributed by atoms with Gasteiger partial charge in [-0.15, -0.1) is 0 Å². The second kappa shape index (κ2) is 4.06. The number of imidazole rings is 1. The van der Waals surface area contributed by atoms with Gasteiger partial charge in [0.05, 0.1) is 11.9 Å². The first kappa shape index (κ1) is 13.9. The van der Waals surface area contributed by atoms with Crippen molar-refractivity contribution in [2.24, 2.45) is 47.3 Å². The van der Waals surface area contributed by atoms with E-state index < -0.39 is 5.60 Å². The van der Waals surface area contributed by atoms with Gasteiger partial charge in [0.15, 0.2) is 0 Å². The summed E-state index contributed by atoms with van der Waals surface area (Å²) in [6, 6.07) is 0.295.